The maximum Gasteiger partial charge on any atom is 0.326 e. The molecule has 17 heavy (non-hydrogen) atoms. The highest BCUT2D eigenvalue weighted by Crippen LogP contribution is 2.01. The number of carbonyl (C=O) groups is 3. The minimum Gasteiger partial charge on any atom is -0.480 e. The summed E-state index contributed by atoms with van der Waals surface area (Å²) in [6.45, 7) is 0. The Balaban J connectivity index is 2.58. The van der Waals surface area contributed by atoms with Gasteiger partial charge in [-0.1, -0.05) is 5.16 Å². The highest BCUT2D eigenvalue weighted by Gasteiger charge is 2.22. The first-order valence-electron chi connectivity index (χ1n) is 4.73. The third kappa shape index (κ3) is 3.93. The van der Waals surface area contributed by atoms with Crippen LogP contribution in [0.5, 0.6) is 0 Å². The van der Waals surface area contributed by atoms with Crippen molar-refractivity contribution in [1.29, 1.82) is 0 Å². The second-order valence-electron chi connectivity index (χ2n) is 3.25. The zero-order valence-corrected chi connectivity index (χ0v) is 8.75. The smallest absolute Gasteiger partial charge is 0.326 e. The fourth-order valence-electron chi connectivity index (χ4n) is 1.11. The maximum absolute atomic E-state index is 11.4. The summed E-state index contributed by atoms with van der Waals surface area (Å²) in [6.07, 6.45) is 1.05. The molecule has 2 amide bonds. The molecular weight excluding hydrogens is 230 g/mol. The van der Waals surface area contributed by atoms with Gasteiger partial charge in [0.15, 0.2) is 0 Å². The lowest BCUT2D eigenvalue weighted by Crippen LogP contribution is -2.41. The normalized spacial score (nSPS) is 11.8. The summed E-state index contributed by atoms with van der Waals surface area (Å²) in [4.78, 5) is 32.8. The highest BCUT2D eigenvalue weighted by atomic mass is 16.5. The first-order valence-corrected chi connectivity index (χ1v) is 4.73. The number of amides is 2. The molecule has 8 nitrogen and oxygen atoms in total. The average molecular weight is 241 g/mol. The fourth-order valence-corrected chi connectivity index (χ4v) is 1.11. The van der Waals surface area contributed by atoms with Gasteiger partial charge in [0.1, 0.15) is 6.04 Å². The van der Waals surface area contributed by atoms with Crippen LogP contribution in [0.25, 0.3) is 0 Å². The standard InChI is InChI=1S/C9H11N3O5/c10-7(13)2-1-5(9(15)16)12-8(14)6-3-4-11-17-6/h3-5H,1-2H2,(H2,10,13)(H,12,14)(H,15,16)/t5-/m0/s1. The molecule has 0 aliphatic rings. The molecule has 4 N–H and O–H groups in total. The molecule has 8 heteroatoms. The minimum atomic E-state index is -1.25. The average Bonchev–Trinajstić information content (AvgIpc) is 2.76. The fraction of sp³-hybridized carbons (Fsp3) is 0.333. The van der Waals surface area contributed by atoms with Gasteiger partial charge < -0.3 is 20.7 Å². The van der Waals surface area contributed by atoms with Crippen molar-refractivity contribution < 1.29 is 24.0 Å². The molecule has 0 aliphatic carbocycles. The van der Waals surface area contributed by atoms with Gasteiger partial charge in [0, 0.05) is 12.5 Å². The van der Waals surface area contributed by atoms with Crippen LogP contribution in [0.4, 0.5) is 0 Å². The van der Waals surface area contributed by atoms with E-state index in [1.807, 2.05) is 0 Å². The zero-order chi connectivity index (χ0) is 12.8. The van der Waals surface area contributed by atoms with Crippen LogP contribution in [0, 0.1) is 0 Å². The molecule has 1 aromatic rings. The summed E-state index contributed by atoms with van der Waals surface area (Å²) in [5, 5.41) is 14.3. The Morgan fingerprint density at radius 2 is 2.24 bits per heavy atom. The molecule has 0 aliphatic heterocycles. The van der Waals surface area contributed by atoms with E-state index in [2.05, 4.69) is 15.0 Å². The van der Waals surface area contributed by atoms with Crippen LogP contribution in [0.15, 0.2) is 16.8 Å². The lowest BCUT2D eigenvalue weighted by atomic mass is 10.1. The number of nitrogens with zero attached hydrogens (tertiary/aromatic N) is 1. The number of carbonyl (C=O) groups excluding carboxylic acids is 2. The third-order valence-corrected chi connectivity index (χ3v) is 1.94. The van der Waals surface area contributed by atoms with E-state index in [1.54, 1.807) is 0 Å². The molecule has 1 rings (SSSR count). The van der Waals surface area contributed by atoms with E-state index in [-0.39, 0.29) is 18.6 Å². The number of hydrogen-bond donors (Lipinski definition) is 3. The van der Waals surface area contributed by atoms with Gasteiger partial charge in [-0.05, 0) is 6.42 Å². The number of aromatic nitrogens is 1. The van der Waals surface area contributed by atoms with Crippen molar-refractivity contribution in [2.24, 2.45) is 5.73 Å². The monoisotopic (exact) mass is 241 g/mol. The van der Waals surface area contributed by atoms with Crippen molar-refractivity contribution in [3.8, 4) is 0 Å². The van der Waals surface area contributed by atoms with E-state index in [9.17, 15) is 14.4 Å². The van der Waals surface area contributed by atoms with Gasteiger partial charge in [0.25, 0.3) is 5.91 Å². The number of nitrogens with two attached hydrogens (primary N) is 1. The van der Waals surface area contributed by atoms with Crippen LogP contribution in [0.3, 0.4) is 0 Å². The van der Waals surface area contributed by atoms with Crippen LogP contribution in [-0.2, 0) is 9.59 Å². The Morgan fingerprint density at radius 3 is 2.71 bits per heavy atom. The molecule has 0 unspecified atom stereocenters. The van der Waals surface area contributed by atoms with Crippen molar-refractivity contribution in [3.63, 3.8) is 0 Å². The zero-order valence-electron chi connectivity index (χ0n) is 8.75. The Hall–Kier alpha value is -2.38. The number of primary amides is 1. The van der Waals surface area contributed by atoms with Gasteiger partial charge in [0.2, 0.25) is 11.7 Å². The Bertz CT molecular complexity index is 414. The number of aliphatic carboxylic acids is 1. The summed E-state index contributed by atoms with van der Waals surface area (Å²) < 4.78 is 4.55. The van der Waals surface area contributed by atoms with Gasteiger partial charge in [-0.2, -0.15) is 0 Å². The van der Waals surface area contributed by atoms with Crippen molar-refractivity contribution in [2.75, 3.05) is 0 Å². The summed E-state index contributed by atoms with van der Waals surface area (Å²) in [7, 11) is 0. The summed E-state index contributed by atoms with van der Waals surface area (Å²) in [5.41, 5.74) is 4.89. The molecule has 0 radical (unpaired) electrons. The van der Waals surface area contributed by atoms with Crippen LogP contribution in [0.2, 0.25) is 0 Å². The summed E-state index contributed by atoms with van der Waals surface area (Å²) in [5.74, 6) is -2.70. The Morgan fingerprint density at radius 1 is 1.53 bits per heavy atom. The molecule has 1 aromatic heterocycles. The number of carboxylic acids is 1. The molecule has 92 valence electrons. The molecule has 1 atom stereocenters. The van der Waals surface area contributed by atoms with E-state index in [1.165, 1.54) is 12.3 Å². The van der Waals surface area contributed by atoms with Gasteiger partial charge in [-0.15, -0.1) is 0 Å². The van der Waals surface area contributed by atoms with E-state index >= 15 is 0 Å². The second kappa shape index (κ2) is 5.64. The predicted molar refractivity (Wildman–Crippen MR) is 53.8 cm³/mol. The lowest BCUT2D eigenvalue weighted by Gasteiger charge is -2.11. The quantitative estimate of drug-likeness (QED) is 0.591. The largest absolute Gasteiger partial charge is 0.480 e. The Labute approximate surface area is 95.8 Å². The van der Waals surface area contributed by atoms with E-state index in [0.29, 0.717) is 0 Å². The van der Waals surface area contributed by atoms with Crippen LogP contribution in [0.1, 0.15) is 23.4 Å². The molecule has 1 heterocycles. The number of carboxylic acid groups (broad SMARTS) is 1. The van der Waals surface area contributed by atoms with Gasteiger partial charge in [-0.25, -0.2) is 4.79 Å². The van der Waals surface area contributed by atoms with Crippen molar-refractivity contribution in [2.45, 2.75) is 18.9 Å². The molecule has 0 bridgehead atoms. The van der Waals surface area contributed by atoms with E-state index < -0.39 is 23.8 Å². The SMILES string of the molecule is NC(=O)CC[C@H](NC(=O)c1ccno1)C(=O)O. The van der Waals surface area contributed by atoms with Crippen molar-refractivity contribution >= 4 is 17.8 Å². The molecular formula is C9H11N3O5. The van der Waals surface area contributed by atoms with E-state index in [0.717, 1.165) is 0 Å². The first-order chi connectivity index (χ1) is 8.00. The summed E-state index contributed by atoms with van der Waals surface area (Å²) >= 11 is 0. The van der Waals surface area contributed by atoms with Crippen LogP contribution >= 0.6 is 0 Å². The van der Waals surface area contributed by atoms with E-state index in [4.69, 9.17) is 10.8 Å². The molecule has 0 saturated heterocycles. The summed E-state index contributed by atoms with van der Waals surface area (Å²) in [6, 6.07) is 0.0996. The van der Waals surface area contributed by atoms with Crippen LogP contribution < -0.4 is 11.1 Å². The number of hydrogen-bond acceptors (Lipinski definition) is 5. The minimum absolute atomic E-state index is 0.0788. The predicted octanol–water partition coefficient (Wildman–Crippen LogP) is -0.877. The second-order valence-corrected chi connectivity index (χ2v) is 3.25. The first kappa shape index (κ1) is 12.7. The van der Waals surface area contributed by atoms with Gasteiger partial charge in [0.05, 0.1) is 6.20 Å². The molecule has 0 fully saturated rings. The molecule has 0 saturated carbocycles. The van der Waals surface area contributed by atoms with Gasteiger partial charge >= 0.3 is 5.97 Å². The number of rotatable bonds is 6. The molecule has 0 aromatic carbocycles. The van der Waals surface area contributed by atoms with Crippen LogP contribution in [-0.4, -0.2) is 34.1 Å². The highest BCUT2D eigenvalue weighted by molar-refractivity contribution is 5.94. The van der Waals surface area contributed by atoms with Crippen molar-refractivity contribution in [3.05, 3.63) is 18.0 Å². The Kier molecular flexibility index (Phi) is 4.21. The maximum atomic E-state index is 11.4. The third-order valence-electron chi connectivity index (χ3n) is 1.94. The lowest BCUT2D eigenvalue weighted by molar-refractivity contribution is -0.139. The van der Waals surface area contributed by atoms with Crippen molar-refractivity contribution in [1.82, 2.24) is 10.5 Å². The molecule has 0 spiro atoms. The topological polar surface area (TPSA) is 136 Å². The number of nitrogens with one attached hydrogen (secondary N) is 1. The van der Waals surface area contributed by atoms with Gasteiger partial charge in [-0.3, -0.25) is 9.59 Å².